The fourth-order valence-corrected chi connectivity index (χ4v) is 4.24. The minimum Gasteiger partial charge on any atom is -0.475 e. The van der Waals surface area contributed by atoms with Gasteiger partial charge in [0.1, 0.15) is 12.2 Å². The first kappa shape index (κ1) is 28.4. The normalized spacial score (nSPS) is 11.4. The molecule has 0 aliphatic heterocycles. The van der Waals surface area contributed by atoms with Crippen LogP contribution in [0.1, 0.15) is 36.8 Å². The molecule has 3 heterocycles. The van der Waals surface area contributed by atoms with Crippen molar-refractivity contribution in [3.05, 3.63) is 53.9 Å². The Bertz CT molecular complexity index is 1520. The molecule has 0 spiro atoms. The van der Waals surface area contributed by atoms with E-state index in [4.69, 9.17) is 19.9 Å². The topological polar surface area (TPSA) is 140 Å². The van der Waals surface area contributed by atoms with E-state index in [2.05, 4.69) is 15.1 Å². The first-order valence-electron chi connectivity index (χ1n) is 12.9. The van der Waals surface area contributed by atoms with E-state index < -0.39 is 17.7 Å². The summed E-state index contributed by atoms with van der Waals surface area (Å²) in [6.45, 7) is 8.39. The molecule has 0 atom stereocenters. The summed E-state index contributed by atoms with van der Waals surface area (Å²) in [5.41, 5.74) is 9.33. The van der Waals surface area contributed by atoms with E-state index in [0.29, 0.717) is 47.4 Å². The average molecular weight is 550 g/mol. The molecule has 40 heavy (non-hydrogen) atoms. The molecule has 3 aromatic heterocycles. The zero-order chi connectivity index (χ0) is 29.0. The van der Waals surface area contributed by atoms with Crippen molar-refractivity contribution in [2.75, 3.05) is 32.5 Å². The number of aromatic nitrogens is 5. The van der Waals surface area contributed by atoms with Gasteiger partial charge in [-0.05, 0) is 52.0 Å². The van der Waals surface area contributed by atoms with Gasteiger partial charge in [0, 0.05) is 25.8 Å². The van der Waals surface area contributed by atoms with Crippen LogP contribution in [-0.2, 0) is 23.1 Å². The van der Waals surface area contributed by atoms with Gasteiger partial charge in [-0.25, -0.2) is 19.3 Å². The van der Waals surface area contributed by atoms with E-state index in [1.165, 1.54) is 7.11 Å². The van der Waals surface area contributed by atoms with Crippen LogP contribution in [0.2, 0.25) is 0 Å². The molecule has 12 nitrogen and oxygen atoms in total. The van der Waals surface area contributed by atoms with Crippen LogP contribution >= 0.6 is 0 Å². The van der Waals surface area contributed by atoms with E-state index >= 15 is 0 Å². The maximum Gasteiger partial charge on any atom is 0.410 e. The SMILES string of the molecule is COC(=O)c1cc(C)nc(-c2cnn(C)c2OCCN(CCn2c(N)nc3ccccc32)C(=O)OC(C)(C)C)c1. The third-order valence-corrected chi connectivity index (χ3v) is 6.06. The number of fused-ring (bicyclic) bond motifs is 1. The number of nitrogen functional groups attached to an aromatic ring is 1. The molecule has 12 heteroatoms. The first-order valence-corrected chi connectivity index (χ1v) is 12.9. The highest BCUT2D eigenvalue weighted by atomic mass is 16.6. The number of rotatable bonds is 9. The first-order chi connectivity index (χ1) is 19.0. The highest BCUT2D eigenvalue weighted by Crippen LogP contribution is 2.29. The number of para-hydroxylation sites is 2. The van der Waals surface area contributed by atoms with Gasteiger partial charge in [-0.15, -0.1) is 0 Å². The number of pyridine rings is 1. The number of anilines is 1. The van der Waals surface area contributed by atoms with E-state index in [-0.39, 0.29) is 13.2 Å². The van der Waals surface area contributed by atoms with Gasteiger partial charge >= 0.3 is 12.1 Å². The van der Waals surface area contributed by atoms with Crippen LogP contribution < -0.4 is 10.5 Å². The Hall–Kier alpha value is -4.61. The number of hydrogen-bond donors (Lipinski definition) is 1. The van der Waals surface area contributed by atoms with Crippen LogP contribution in [0.4, 0.5) is 10.7 Å². The van der Waals surface area contributed by atoms with Crippen molar-refractivity contribution < 1.29 is 23.8 Å². The summed E-state index contributed by atoms with van der Waals surface area (Å²) in [6, 6.07) is 10.9. The summed E-state index contributed by atoms with van der Waals surface area (Å²) < 4.78 is 20.1. The predicted molar refractivity (Wildman–Crippen MR) is 150 cm³/mol. The molecule has 0 aliphatic rings. The second-order valence-corrected chi connectivity index (χ2v) is 10.3. The Morgan fingerprint density at radius 2 is 1.85 bits per heavy atom. The number of nitrogens with two attached hydrogens (primary N) is 1. The van der Waals surface area contributed by atoms with Crippen molar-refractivity contribution in [1.29, 1.82) is 0 Å². The number of hydrogen-bond acceptors (Lipinski definition) is 9. The minimum atomic E-state index is -0.666. The Morgan fingerprint density at radius 3 is 2.58 bits per heavy atom. The minimum absolute atomic E-state index is 0.154. The number of esters is 1. The van der Waals surface area contributed by atoms with Crippen LogP contribution in [0, 0.1) is 6.92 Å². The molecule has 0 fully saturated rings. The molecule has 4 rings (SSSR count). The number of carbonyl (C=O) groups is 2. The fourth-order valence-electron chi connectivity index (χ4n) is 4.24. The zero-order valence-electron chi connectivity index (χ0n) is 23.7. The highest BCUT2D eigenvalue weighted by molar-refractivity contribution is 5.91. The third-order valence-electron chi connectivity index (χ3n) is 6.06. The van der Waals surface area contributed by atoms with Gasteiger partial charge in [0.2, 0.25) is 11.8 Å². The van der Waals surface area contributed by atoms with Gasteiger partial charge in [0.15, 0.2) is 0 Å². The predicted octanol–water partition coefficient (Wildman–Crippen LogP) is 3.83. The van der Waals surface area contributed by atoms with Gasteiger partial charge < -0.3 is 29.4 Å². The number of carbonyl (C=O) groups excluding carboxylic acids is 2. The lowest BCUT2D eigenvalue weighted by Crippen LogP contribution is -2.41. The maximum absolute atomic E-state index is 13.1. The molecule has 212 valence electrons. The summed E-state index contributed by atoms with van der Waals surface area (Å²) in [5.74, 6) is 0.360. The standard InChI is InChI=1S/C28H35N7O5/c1-18-15-19(25(36)38-6)16-22(31-18)20-17-30-33(5)24(20)39-14-13-34(27(37)40-28(2,3)4)11-12-35-23-10-8-7-9-21(23)32-26(35)29/h7-10,15-17H,11-14H2,1-6H3,(H2,29,32). The van der Waals surface area contributed by atoms with Gasteiger partial charge in [-0.1, -0.05) is 12.1 Å². The summed E-state index contributed by atoms with van der Waals surface area (Å²) in [7, 11) is 3.07. The molecular weight excluding hydrogens is 514 g/mol. The quantitative estimate of drug-likeness (QED) is 0.309. The zero-order valence-corrected chi connectivity index (χ0v) is 23.7. The smallest absolute Gasteiger partial charge is 0.410 e. The number of imidazole rings is 1. The average Bonchev–Trinajstić information content (AvgIpc) is 3.42. The summed E-state index contributed by atoms with van der Waals surface area (Å²) in [4.78, 5) is 35.8. The number of aryl methyl sites for hydroxylation is 2. The highest BCUT2D eigenvalue weighted by Gasteiger charge is 2.24. The van der Waals surface area contributed by atoms with Crippen molar-refractivity contribution in [3.63, 3.8) is 0 Å². The number of ether oxygens (including phenoxy) is 3. The number of nitrogens with zero attached hydrogens (tertiary/aromatic N) is 6. The van der Waals surface area contributed by atoms with Gasteiger partial charge in [0.05, 0.1) is 47.7 Å². The number of amides is 1. The van der Waals surface area contributed by atoms with Crippen molar-refractivity contribution in [2.45, 2.75) is 39.8 Å². The molecular formula is C28H35N7O5. The van der Waals surface area contributed by atoms with E-state index in [9.17, 15) is 9.59 Å². The second kappa shape index (κ2) is 11.6. The number of methoxy groups -OCH3 is 1. The molecule has 0 bridgehead atoms. The van der Waals surface area contributed by atoms with Crippen LogP contribution in [0.15, 0.2) is 42.6 Å². The Balaban J connectivity index is 1.51. The van der Waals surface area contributed by atoms with E-state index in [1.807, 2.05) is 49.6 Å². The van der Waals surface area contributed by atoms with Crippen LogP contribution in [-0.4, -0.2) is 73.7 Å². The maximum atomic E-state index is 13.1. The van der Waals surface area contributed by atoms with Crippen LogP contribution in [0.5, 0.6) is 5.88 Å². The fraction of sp³-hybridized carbons (Fsp3) is 0.393. The van der Waals surface area contributed by atoms with Gasteiger partial charge in [-0.2, -0.15) is 5.10 Å². The Labute approximate surface area is 232 Å². The molecule has 4 aromatic rings. The Morgan fingerprint density at radius 1 is 1.10 bits per heavy atom. The Kier molecular flexibility index (Phi) is 8.26. The van der Waals surface area contributed by atoms with Gasteiger partial charge in [0.25, 0.3) is 0 Å². The molecule has 0 unspecified atom stereocenters. The number of benzene rings is 1. The van der Waals surface area contributed by atoms with E-state index in [0.717, 1.165) is 11.0 Å². The van der Waals surface area contributed by atoms with Crippen molar-refractivity contribution in [1.82, 2.24) is 29.2 Å². The third kappa shape index (κ3) is 6.50. The summed E-state index contributed by atoms with van der Waals surface area (Å²) >= 11 is 0. The van der Waals surface area contributed by atoms with Crippen molar-refractivity contribution in [3.8, 4) is 17.1 Å². The van der Waals surface area contributed by atoms with Gasteiger partial charge in [-0.3, -0.25) is 4.98 Å². The molecule has 0 saturated heterocycles. The van der Waals surface area contributed by atoms with E-state index in [1.54, 1.807) is 41.9 Å². The van der Waals surface area contributed by atoms with Crippen molar-refractivity contribution in [2.24, 2.45) is 7.05 Å². The van der Waals surface area contributed by atoms with Crippen LogP contribution in [0.3, 0.4) is 0 Å². The molecule has 1 aromatic carbocycles. The molecule has 0 radical (unpaired) electrons. The van der Waals surface area contributed by atoms with Crippen LogP contribution in [0.25, 0.3) is 22.3 Å². The largest absolute Gasteiger partial charge is 0.475 e. The summed E-state index contributed by atoms with van der Waals surface area (Å²) in [5, 5.41) is 4.31. The molecule has 2 N–H and O–H groups in total. The van der Waals surface area contributed by atoms with Crippen molar-refractivity contribution >= 4 is 29.0 Å². The lowest BCUT2D eigenvalue weighted by atomic mass is 10.1. The molecule has 0 saturated carbocycles. The lowest BCUT2D eigenvalue weighted by Gasteiger charge is -2.27. The second-order valence-electron chi connectivity index (χ2n) is 10.3. The monoisotopic (exact) mass is 549 g/mol. The lowest BCUT2D eigenvalue weighted by molar-refractivity contribution is 0.0218. The molecule has 0 aliphatic carbocycles. The summed E-state index contributed by atoms with van der Waals surface area (Å²) in [6.07, 6.45) is 1.16. The molecule has 1 amide bonds.